The van der Waals surface area contributed by atoms with Crippen LogP contribution in [0.4, 0.5) is 0 Å². The Balaban J connectivity index is 1.54. The van der Waals surface area contributed by atoms with E-state index in [0.717, 1.165) is 18.9 Å². The predicted octanol–water partition coefficient (Wildman–Crippen LogP) is 3.34. The van der Waals surface area contributed by atoms with E-state index in [1.807, 2.05) is 11.3 Å². The molecule has 1 aromatic heterocycles. The molecule has 4 nitrogen and oxygen atoms in total. The smallest absolute Gasteiger partial charge is 0.227 e. The third-order valence-electron chi connectivity index (χ3n) is 5.64. The van der Waals surface area contributed by atoms with Crippen LogP contribution in [0.15, 0.2) is 35.5 Å². The first-order valence-corrected chi connectivity index (χ1v) is 9.37. The van der Waals surface area contributed by atoms with Crippen LogP contribution in [0.25, 0.3) is 10.1 Å². The molecule has 1 atom stereocenters. The maximum atomic E-state index is 6.16. The molecule has 2 aromatic rings. The second-order valence-electron chi connectivity index (χ2n) is 6.79. The van der Waals surface area contributed by atoms with E-state index in [-0.39, 0.29) is 5.72 Å². The van der Waals surface area contributed by atoms with Gasteiger partial charge in [-0.3, -0.25) is 4.90 Å². The molecule has 4 aliphatic rings. The zero-order chi connectivity index (χ0) is 15.4. The van der Waals surface area contributed by atoms with Gasteiger partial charge in [-0.2, -0.15) is 0 Å². The number of oxime groups is 1. The van der Waals surface area contributed by atoms with Crippen LogP contribution in [0, 0.1) is 5.92 Å². The van der Waals surface area contributed by atoms with E-state index in [9.17, 15) is 0 Å². The fourth-order valence-corrected chi connectivity index (χ4v) is 5.54. The van der Waals surface area contributed by atoms with Gasteiger partial charge in [0, 0.05) is 17.2 Å². The van der Waals surface area contributed by atoms with Gasteiger partial charge in [-0.15, -0.1) is 11.3 Å². The molecular weight excluding hydrogens is 306 g/mol. The van der Waals surface area contributed by atoms with Crippen molar-refractivity contribution in [3.8, 4) is 0 Å². The molecule has 0 amide bonds. The molecule has 4 aliphatic heterocycles. The minimum Gasteiger partial charge on any atom is -0.363 e. The SMILES string of the molecule is CCN1C(c2cc3ccccc3s2)=NO[C@]12CN1CCC2CC1. The largest absolute Gasteiger partial charge is 0.363 e. The highest BCUT2D eigenvalue weighted by atomic mass is 32.1. The number of piperidine rings is 3. The lowest BCUT2D eigenvalue weighted by atomic mass is 9.79. The van der Waals surface area contributed by atoms with Crippen molar-refractivity contribution in [3.05, 3.63) is 35.2 Å². The van der Waals surface area contributed by atoms with Gasteiger partial charge < -0.3 is 9.74 Å². The van der Waals surface area contributed by atoms with Crippen LogP contribution in [0.2, 0.25) is 0 Å². The zero-order valence-electron chi connectivity index (χ0n) is 13.4. The first-order chi connectivity index (χ1) is 11.3. The summed E-state index contributed by atoms with van der Waals surface area (Å²) in [5.41, 5.74) is -0.225. The quantitative estimate of drug-likeness (QED) is 0.847. The lowest BCUT2D eigenvalue weighted by molar-refractivity contribution is -0.195. The van der Waals surface area contributed by atoms with Gasteiger partial charge in [0.15, 0.2) is 5.84 Å². The summed E-state index contributed by atoms with van der Waals surface area (Å²) in [6.45, 7) is 6.58. The van der Waals surface area contributed by atoms with E-state index in [0.29, 0.717) is 5.92 Å². The average molecular weight is 327 g/mol. The minimum absolute atomic E-state index is 0.225. The first kappa shape index (κ1) is 13.8. The molecule has 0 saturated carbocycles. The highest BCUT2D eigenvalue weighted by molar-refractivity contribution is 7.20. The van der Waals surface area contributed by atoms with E-state index in [1.54, 1.807) is 0 Å². The van der Waals surface area contributed by atoms with Crippen LogP contribution < -0.4 is 0 Å². The van der Waals surface area contributed by atoms with Gasteiger partial charge in [-0.1, -0.05) is 23.4 Å². The standard InChI is InChI=1S/C18H21N3OS/c1-2-21-17(16-11-13-5-3-4-6-15(13)23-16)19-22-18(21)12-20-9-7-14(18)8-10-20/h3-6,11,14H,2,7-10,12H2,1H3/t18-/m0/s1. The molecule has 5 heterocycles. The molecule has 0 N–H and O–H groups in total. The Morgan fingerprint density at radius 3 is 2.83 bits per heavy atom. The number of nitrogens with zero attached hydrogens (tertiary/aromatic N) is 3. The number of benzene rings is 1. The van der Waals surface area contributed by atoms with Crippen LogP contribution in [0.5, 0.6) is 0 Å². The summed E-state index contributed by atoms with van der Waals surface area (Å²) in [4.78, 5) is 12.3. The third-order valence-corrected chi connectivity index (χ3v) is 6.75. The minimum atomic E-state index is -0.225. The van der Waals surface area contributed by atoms with Gasteiger partial charge in [0.25, 0.3) is 0 Å². The Kier molecular flexibility index (Phi) is 2.97. The number of amidine groups is 1. The van der Waals surface area contributed by atoms with Crippen molar-refractivity contribution < 1.29 is 4.84 Å². The second kappa shape index (κ2) is 4.95. The normalized spacial score (nSPS) is 32.6. The van der Waals surface area contributed by atoms with E-state index in [2.05, 4.69) is 52.2 Å². The van der Waals surface area contributed by atoms with Gasteiger partial charge in [0.2, 0.25) is 5.72 Å². The summed E-state index contributed by atoms with van der Waals surface area (Å²) < 4.78 is 1.32. The summed E-state index contributed by atoms with van der Waals surface area (Å²) in [6.07, 6.45) is 2.46. The fraction of sp³-hybridized carbons (Fsp3) is 0.500. The highest BCUT2D eigenvalue weighted by Crippen LogP contribution is 2.45. The van der Waals surface area contributed by atoms with E-state index < -0.39 is 0 Å². The number of fused-ring (bicyclic) bond motifs is 3. The lowest BCUT2D eigenvalue weighted by Crippen LogP contribution is -2.66. The summed E-state index contributed by atoms with van der Waals surface area (Å²) in [5, 5.41) is 5.87. The zero-order valence-corrected chi connectivity index (χ0v) is 14.2. The Hall–Kier alpha value is -1.59. The van der Waals surface area contributed by atoms with E-state index in [4.69, 9.17) is 4.84 Å². The van der Waals surface area contributed by atoms with Gasteiger partial charge in [-0.25, -0.2) is 0 Å². The molecule has 23 heavy (non-hydrogen) atoms. The maximum Gasteiger partial charge on any atom is 0.227 e. The molecule has 3 saturated heterocycles. The maximum absolute atomic E-state index is 6.16. The number of likely N-dealkylation sites (N-methyl/N-ethyl adjacent to an activating group) is 1. The number of rotatable bonds is 2. The molecule has 0 unspecified atom stereocenters. The Morgan fingerprint density at radius 1 is 1.30 bits per heavy atom. The molecule has 6 rings (SSSR count). The second-order valence-corrected chi connectivity index (χ2v) is 7.88. The molecule has 0 radical (unpaired) electrons. The first-order valence-electron chi connectivity index (χ1n) is 8.55. The molecule has 0 aliphatic carbocycles. The molecule has 3 fully saturated rings. The van der Waals surface area contributed by atoms with Crippen molar-refractivity contribution in [3.63, 3.8) is 0 Å². The number of hydrogen-bond acceptors (Lipinski definition) is 5. The van der Waals surface area contributed by atoms with Crippen LogP contribution in [0.1, 0.15) is 24.6 Å². The van der Waals surface area contributed by atoms with Crippen molar-refractivity contribution in [2.75, 3.05) is 26.2 Å². The Morgan fingerprint density at radius 2 is 2.13 bits per heavy atom. The van der Waals surface area contributed by atoms with Crippen LogP contribution in [0.3, 0.4) is 0 Å². The molecule has 120 valence electrons. The summed E-state index contributed by atoms with van der Waals surface area (Å²) in [6, 6.07) is 10.8. The van der Waals surface area contributed by atoms with Crippen molar-refractivity contribution >= 4 is 27.3 Å². The predicted molar refractivity (Wildman–Crippen MR) is 93.7 cm³/mol. The van der Waals surface area contributed by atoms with E-state index >= 15 is 0 Å². The Labute approximate surface area is 140 Å². The molecular formula is C18H21N3OS. The molecule has 1 spiro atoms. The monoisotopic (exact) mass is 327 g/mol. The van der Waals surface area contributed by atoms with Crippen molar-refractivity contribution in [2.24, 2.45) is 11.1 Å². The third kappa shape index (κ3) is 1.90. The fourth-order valence-electron chi connectivity index (χ4n) is 4.49. The highest BCUT2D eigenvalue weighted by Gasteiger charge is 2.56. The summed E-state index contributed by atoms with van der Waals surface area (Å²) >= 11 is 1.81. The van der Waals surface area contributed by atoms with Crippen molar-refractivity contribution in [1.82, 2.24) is 9.80 Å². The van der Waals surface area contributed by atoms with Gasteiger partial charge >= 0.3 is 0 Å². The average Bonchev–Trinajstić information content (AvgIpc) is 3.17. The van der Waals surface area contributed by atoms with Crippen LogP contribution in [-0.2, 0) is 4.84 Å². The van der Waals surface area contributed by atoms with Gasteiger partial charge in [0.05, 0.1) is 11.4 Å². The van der Waals surface area contributed by atoms with Crippen molar-refractivity contribution in [1.29, 1.82) is 0 Å². The summed E-state index contributed by atoms with van der Waals surface area (Å²) in [5.74, 6) is 1.63. The van der Waals surface area contributed by atoms with Crippen LogP contribution in [-0.4, -0.2) is 47.5 Å². The van der Waals surface area contributed by atoms with Gasteiger partial charge in [0.1, 0.15) is 0 Å². The topological polar surface area (TPSA) is 28.1 Å². The van der Waals surface area contributed by atoms with Crippen LogP contribution >= 0.6 is 11.3 Å². The number of hydrogen-bond donors (Lipinski definition) is 0. The van der Waals surface area contributed by atoms with Gasteiger partial charge in [-0.05, 0) is 50.4 Å². The molecule has 2 bridgehead atoms. The number of thiophene rings is 1. The van der Waals surface area contributed by atoms with E-state index in [1.165, 1.54) is 40.9 Å². The Bertz CT molecular complexity index is 744. The lowest BCUT2D eigenvalue weighted by Gasteiger charge is -2.52. The van der Waals surface area contributed by atoms with Crippen molar-refractivity contribution in [2.45, 2.75) is 25.5 Å². The molecule has 1 aromatic carbocycles. The molecule has 5 heteroatoms. The summed E-state index contributed by atoms with van der Waals surface area (Å²) in [7, 11) is 0.